The number of thioether (sulfide) groups is 1. The molecule has 1 N–H and O–H groups in total. The van der Waals surface area contributed by atoms with Gasteiger partial charge in [-0.1, -0.05) is 73.3 Å². The van der Waals surface area contributed by atoms with E-state index in [1.807, 2.05) is 78.2 Å². The lowest BCUT2D eigenvalue weighted by atomic mass is 9.97. The highest BCUT2D eigenvalue weighted by molar-refractivity contribution is 8.00. The van der Waals surface area contributed by atoms with Gasteiger partial charge in [0.15, 0.2) is 12.1 Å². The summed E-state index contributed by atoms with van der Waals surface area (Å²) in [6.07, 6.45) is -0.379. The van der Waals surface area contributed by atoms with Crippen LogP contribution in [0.1, 0.15) is 22.1 Å². The van der Waals surface area contributed by atoms with Crippen LogP contribution in [0.15, 0.2) is 90.3 Å². The number of β-lactam (4-membered cyclic amide) rings is 1. The van der Waals surface area contributed by atoms with Gasteiger partial charge in [0.1, 0.15) is 11.4 Å². The van der Waals surface area contributed by atoms with E-state index in [9.17, 15) is 14.4 Å². The zero-order chi connectivity index (χ0) is 24.4. The minimum absolute atomic E-state index is 0.206. The van der Waals surface area contributed by atoms with E-state index in [2.05, 4.69) is 11.9 Å². The van der Waals surface area contributed by atoms with Gasteiger partial charge in [-0.25, -0.2) is 4.79 Å². The van der Waals surface area contributed by atoms with Gasteiger partial charge in [-0.15, -0.1) is 23.1 Å². The molecule has 3 aromatic rings. The predicted octanol–water partition coefficient (Wildman–Crippen LogP) is 3.95. The van der Waals surface area contributed by atoms with Crippen molar-refractivity contribution in [1.29, 1.82) is 0 Å². The Balaban J connectivity index is 1.31. The number of fused-ring (bicyclic) bond motifs is 1. The van der Waals surface area contributed by atoms with Gasteiger partial charge in [0.2, 0.25) is 11.8 Å². The maximum absolute atomic E-state index is 13.5. The summed E-state index contributed by atoms with van der Waals surface area (Å²) in [6, 6.07) is 21.3. The topological polar surface area (TPSA) is 75.7 Å². The van der Waals surface area contributed by atoms with Crippen molar-refractivity contribution < 1.29 is 19.1 Å². The number of carbonyl (C=O) groups is 3. The summed E-state index contributed by atoms with van der Waals surface area (Å²) in [6.45, 7) is 4.06. The number of carbonyl (C=O) groups excluding carboxylic acids is 3. The molecule has 0 spiro atoms. The number of benzene rings is 2. The van der Waals surface area contributed by atoms with Gasteiger partial charge in [-0.05, 0) is 28.1 Å². The lowest BCUT2D eigenvalue weighted by molar-refractivity contribution is -0.165. The molecule has 8 heteroatoms. The van der Waals surface area contributed by atoms with Crippen LogP contribution in [0.4, 0.5) is 0 Å². The zero-order valence-electron chi connectivity index (χ0n) is 18.8. The summed E-state index contributed by atoms with van der Waals surface area (Å²) in [5.74, 6) is -0.509. The number of hydrogen-bond acceptors (Lipinski definition) is 6. The third kappa shape index (κ3) is 4.76. The lowest BCUT2D eigenvalue weighted by Crippen LogP contribution is -2.74. The van der Waals surface area contributed by atoms with Gasteiger partial charge >= 0.3 is 5.97 Å². The number of ether oxygens (including phenoxy) is 1. The molecule has 0 unspecified atom stereocenters. The summed E-state index contributed by atoms with van der Waals surface area (Å²) >= 11 is 3.00. The Morgan fingerprint density at radius 1 is 1.03 bits per heavy atom. The first-order valence-corrected chi connectivity index (χ1v) is 13.2. The van der Waals surface area contributed by atoms with E-state index >= 15 is 0 Å². The van der Waals surface area contributed by atoms with Crippen LogP contribution in [0.3, 0.4) is 0 Å². The second-order valence-electron chi connectivity index (χ2n) is 8.45. The molecule has 1 aromatic heterocycles. The molecule has 178 valence electrons. The first-order chi connectivity index (χ1) is 17.0. The first-order valence-electron chi connectivity index (χ1n) is 11.3. The van der Waals surface area contributed by atoms with E-state index in [0.717, 1.165) is 16.0 Å². The maximum Gasteiger partial charge on any atom is 0.334 e. The first kappa shape index (κ1) is 23.4. The molecule has 2 fully saturated rings. The predicted molar refractivity (Wildman–Crippen MR) is 137 cm³/mol. The van der Waals surface area contributed by atoms with E-state index in [0.29, 0.717) is 11.3 Å². The number of hydrogen-bond donors (Lipinski definition) is 1. The fourth-order valence-corrected chi connectivity index (χ4v) is 6.39. The third-order valence-electron chi connectivity index (χ3n) is 6.08. The fourth-order valence-electron chi connectivity index (χ4n) is 4.38. The van der Waals surface area contributed by atoms with Crippen molar-refractivity contribution in [2.75, 3.05) is 5.75 Å². The number of rotatable bonds is 7. The van der Waals surface area contributed by atoms with E-state index in [1.54, 1.807) is 0 Å². The second kappa shape index (κ2) is 10.1. The molecule has 2 aromatic carbocycles. The average Bonchev–Trinajstić information content (AvgIpc) is 3.39. The Labute approximate surface area is 212 Å². The normalized spacial score (nSPS) is 21.3. The molecule has 5 rings (SSSR count). The third-order valence-corrected chi connectivity index (χ3v) is 8.33. The molecule has 0 saturated carbocycles. The van der Waals surface area contributed by atoms with Crippen molar-refractivity contribution in [3.05, 3.63) is 106 Å². The van der Waals surface area contributed by atoms with Crippen molar-refractivity contribution in [2.24, 2.45) is 0 Å². The summed E-state index contributed by atoms with van der Waals surface area (Å²) in [5.41, 5.74) is 2.30. The van der Waals surface area contributed by atoms with Crippen molar-refractivity contribution in [3.8, 4) is 0 Å². The Morgan fingerprint density at radius 2 is 1.69 bits per heavy atom. The van der Waals surface area contributed by atoms with Gasteiger partial charge < -0.3 is 15.0 Å². The van der Waals surface area contributed by atoms with Crippen molar-refractivity contribution >= 4 is 40.9 Å². The molecule has 6 nitrogen and oxygen atoms in total. The van der Waals surface area contributed by atoms with Gasteiger partial charge in [0.25, 0.3) is 0 Å². The SMILES string of the molecule is C=C1CS[C@@H]2[C@H](NC(=O)Cc3cccs3)C(=O)N2[C@H]1C(=O)OC(c1ccccc1)c1ccccc1. The standard InChI is InChI=1S/C27H24N2O4S2/c1-17-16-35-26-22(28-21(30)15-20-13-8-14-34-20)25(31)29(26)23(17)27(32)33-24(18-9-4-2-5-10-18)19-11-6-3-7-12-19/h2-14,22-24,26H,1,15-16H2,(H,28,30)/t22-,23-,26-/m1/s1. The molecular formula is C27H24N2O4S2. The highest BCUT2D eigenvalue weighted by Crippen LogP contribution is 2.41. The molecule has 3 heterocycles. The quantitative estimate of drug-likeness (QED) is 0.300. The van der Waals surface area contributed by atoms with Crippen LogP contribution in [0, 0.1) is 0 Å². The van der Waals surface area contributed by atoms with Gasteiger partial charge in [-0.3, -0.25) is 9.59 Å². The summed E-state index contributed by atoms with van der Waals surface area (Å²) < 4.78 is 6.03. The molecule has 2 aliphatic heterocycles. The molecule has 2 aliphatic rings. The Hall–Kier alpha value is -3.36. The van der Waals surface area contributed by atoms with Crippen LogP contribution in [0.5, 0.6) is 0 Å². The summed E-state index contributed by atoms with van der Waals surface area (Å²) in [5, 5.41) is 4.43. The largest absolute Gasteiger partial charge is 0.451 e. The monoisotopic (exact) mass is 504 g/mol. The van der Waals surface area contributed by atoms with Crippen molar-refractivity contribution in [3.63, 3.8) is 0 Å². The van der Waals surface area contributed by atoms with Crippen LogP contribution >= 0.6 is 23.1 Å². The molecule has 0 radical (unpaired) electrons. The lowest BCUT2D eigenvalue weighted by Gasteiger charge is -2.52. The molecule has 0 aliphatic carbocycles. The summed E-state index contributed by atoms with van der Waals surface area (Å²) in [7, 11) is 0. The van der Waals surface area contributed by atoms with Crippen LogP contribution in [0.25, 0.3) is 0 Å². The van der Waals surface area contributed by atoms with Crippen LogP contribution in [0.2, 0.25) is 0 Å². The molecular weight excluding hydrogens is 480 g/mol. The average molecular weight is 505 g/mol. The van der Waals surface area contributed by atoms with E-state index in [1.165, 1.54) is 28.0 Å². The van der Waals surface area contributed by atoms with Crippen molar-refractivity contribution in [2.45, 2.75) is 30.0 Å². The number of esters is 1. The highest BCUT2D eigenvalue weighted by Gasteiger charge is 2.56. The van der Waals surface area contributed by atoms with Gasteiger partial charge in [0, 0.05) is 10.6 Å². The van der Waals surface area contributed by atoms with Gasteiger partial charge in [-0.2, -0.15) is 0 Å². The fraction of sp³-hybridized carbons (Fsp3) is 0.222. The van der Waals surface area contributed by atoms with E-state index < -0.39 is 24.2 Å². The molecule has 0 bridgehead atoms. The van der Waals surface area contributed by atoms with E-state index in [4.69, 9.17) is 4.74 Å². The van der Waals surface area contributed by atoms with Crippen LogP contribution < -0.4 is 5.32 Å². The number of nitrogens with one attached hydrogen (secondary N) is 1. The smallest absolute Gasteiger partial charge is 0.334 e. The number of amides is 2. The minimum Gasteiger partial charge on any atom is -0.451 e. The Kier molecular flexibility index (Phi) is 6.74. The Bertz CT molecular complexity index is 1190. The minimum atomic E-state index is -0.880. The molecule has 2 amide bonds. The van der Waals surface area contributed by atoms with Crippen LogP contribution in [-0.4, -0.2) is 45.9 Å². The van der Waals surface area contributed by atoms with Crippen LogP contribution in [-0.2, 0) is 25.5 Å². The molecule has 3 atom stereocenters. The highest BCUT2D eigenvalue weighted by atomic mass is 32.2. The zero-order valence-corrected chi connectivity index (χ0v) is 20.5. The molecule has 35 heavy (non-hydrogen) atoms. The van der Waals surface area contributed by atoms with Gasteiger partial charge in [0.05, 0.1) is 6.42 Å². The number of nitrogens with zero attached hydrogens (tertiary/aromatic N) is 1. The second-order valence-corrected chi connectivity index (χ2v) is 10.6. The van der Waals surface area contributed by atoms with Crippen molar-refractivity contribution in [1.82, 2.24) is 10.2 Å². The van der Waals surface area contributed by atoms with E-state index in [-0.39, 0.29) is 23.6 Å². The maximum atomic E-state index is 13.5. The molecule has 2 saturated heterocycles. The Morgan fingerprint density at radius 3 is 2.29 bits per heavy atom. The summed E-state index contributed by atoms with van der Waals surface area (Å²) in [4.78, 5) is 41.5. The number of thiophene rings is 1.